The molecule has 1 N–H and O–H groups in total. The zero-order chi connectivity index (χ0) is 25.9. The predicted octanol–water partition coefficient (Wildman–Crippen LogP) is 4.20. The number of nitro groups is 1. The van der Waals surface area contributed by atoms with E-state index in [0.29, 0.717) is 34.5 Å². The molecule has 2 aromatic carbocycles. The second-order valence-corrected chi connectivity index (χ2v) is 8.27. The molecule has 5 rings (SSSR count). The molecule has 0 radical (unpaired) electrons. The lowest BCUT2D eigenvalue weighted by atomic mass is 10.2. The van der Waals surface area contributed by atoms with Crippen LogP contribution in [0.15, 0.2) is 61.3 Å². The van der Waals surface area contributed by atoms with Gasteiger partial charge < -0.3 is 19.7 Å². The minimum atomic E-state index is -0.618. The Morgan fingerprint density at radius 3 is 2.73 bits per heavy atom. The van der Waals surface area contributed by atoms with Crippen LogP contribution in [0.1, 0.15) is 0 Å². The molecule has 0 bridgehead atoms. The van der Waals surface area contributed by atoms with E-state index in [1.807, 2.05) is 19.0 Å². The van der Waals surface area contributed by atoms with Crippen LogP contribution in [0.5, 0.6) is 17.2 Å². The van der Waals surface area contributed by atoms with Gasteiger partial charge >= 0.3 is 5.69 Å². The Labute approximate surface area is 209 Å². The lowest BCUT2D eigenvalue weighted by Gasteiger charge is -2.13. The van der Waals surface area contributed by atoms with Gasteiger partial charge in [0.25, 0.3) is 0 Å². The Morgan fingerprint density at radius 1 is 1.08 bits per heavy atom. The molecule has 0 atom stereocenters. The number of benzene rings is 2. The highest BCUT2D eigenvalue weighted by atomic mass is 19.1. The minimum Gasteiger partial charge on any atom is -0.485 e. The van der Waals surface area contributed by atoms with Gasteiger partial charge in [-0.3, -0.25) is 10.1 Å². The fraction of sp³-hybridized carbons (Fsp3) is 0.167. The maximum absolute atomic E-state index is 14.9. The maximum Gasteiger partial charge on any atom is 0.311 e. The SMILES string of the molecule is CN(C)CCOc1cc2ncnc(Nc3ccc(Oc4ccn5ncnc5c4)c(F)c3)c2cc1[N+](=O)[O-]. The Morgan fingerprint density at radius 2 is 1.95 bits per heavy atom. The van der Waals surface area contributed by atoms with E-state index < -0.39 is 10.7 Å². The number of pyridine rings is 1. The van der Waals surface area contributed by atoms with Crippen LogP contribution in [0, 0.1) is 15.9 Å². The van der Waals surface area contributed by atoms with Crippen LogP contribution in [-0.4, -0.2) is 61.6 Å². The molecule has 0 unspecified atom stereocenters. The van der Waals surface area contributed by atoms with E-state index in [2.05, 4.69) is 25.4 Å². The molecule has 0 saturated carbocycles. The summed E-state index contributed by atoms with van der Waals surface area (Å²) in [5.41, 5.74) is 1.15. The van der Waals surface area contributed by atoms with Gasteiger partial charge in [-0.25, -0.2) is 23.9 Å². The number of aromatic nitrogens is 5. The average Bonchev–Trinajstić information content (AvgIpc) is 3.33. The van der Waals surface area contributed by atoms with Crippen molar-refractivity contribution in [1.29, 1.82) is 0 Å². The largest absolute Gasteiger partial charge is 0.485 e. The number of halogens is 1. The van der Waals surface area contributed by atoms with Gasteiger partial charge in [-0.2, -0.15) is 5.10 Å². The molecule has 37 heavy (non-hydrogen) atoms. The molecule has 13 heteroatoms. The number of nitro benzene ring substituents is 1. The average molecular weight is 504 g/mol. The highest BCUT2D eigenvalue weighted by molar-refractivity contribution is 5.93. The number of rotatable bonds is 9. The lowest BCUT2D eigenvalue weighted by Crippen LogP contribution is -2.19. The van der Waals surface area contributed by atoms with E-state index in [9.17, 15) is 14.5 Å². The fourth-order valence-corrected chi connectivity index (χ4v) is 3.55. The van der Waals surface area contributed by atoms with Gasteiger partial charge in [0.15, 0.2) is 23.0 Å². The summed E-state index contributed by atoms with van der Waals surface area (Å²) >= 11 is 0. The molecule has 0 spiro atoms. The normalized spacial score (nSPS) is 11.2. The van der Waals surface area contributed by atoms with Gasteiger partial charge in [0.05, 0.1) is 15.8 Å². The van der Waals surface area contributed by atoms with Crippen molar-refractivity contribution in [3.8, 4) is 17.2 Å². The summed E-state index contributed by atoms with van der Waals surface area (Å²) in [7, 11) is 3.76. The molecule has 0 aliphatic rings. The summed E-state index contributed by atoms with van der Waals surface area (Å²) < 4.78 is 27.7. The summed E-state index contributed by atoms with van der Waals surface area (Å²) in [5.74, 6) is 0.182. The first-order valence-electron chi connectivity index (χ1n) is 11.1. The second kappa shape index (κ2) is 9.99. The third kappa shape index (κ3) is 5.21. The molecular weight excluding hydrogens is 483 g/mol. The second-order valence-electron chi connectivity index (χ2n) is 8.27. The first-order valence-corrected chi connectivity index (χ1v) is 11.1. The third-order valence-electron chi connectivity index (χ3n) is 5.38. The van der Waals surface area contributed by atoms with E-state index in [4.69, 9.17) is 9.47 Å². The van der Waals surface area contributed by atoms with Crippen molar-refractivity contribution in [2.75, 3.05) is 32.6 Å². The maximum atomic E-state index is 14.9. The lowest BCUT2D eigenvalue weighted by molar-refractivity contribution is -0.385. The zero-order valence-electron chi connectivity index (χ0n) is 19.8. The Bertz CT molecular complexity index is 1610. The van der Waals surface area contributed by atoms with Crippen molar-refractivity contribution in [3.63, 3.8) is 0 Å². The van der Waals surface area contributed by atoms with Crippen LogP contribution >= 0.6 is 0 Å². The van der Waals surface area contributed by atoms with E-state index >= 15 is 0 Å². The standard InChI is InChI=1S/C24H21FN8O4/c1-31(2)7-8-36-22-12-19-17(11-20(22)33(34)35)24(28-13-26-19)30-15-3-4-21(18(25)9-15)37-16-5-6-32-23(10-16)27-14-29-32/h3-6,9-14H,7-8H2,1-2H3,(H,26,28,30). The van der Waals surface area contributed by atoms with Crippen LogP contribution in [-0.2, 0) is 0 Å². The Kier molecular flexibility index (Phi) is 6.43. The van der Waals surface area contributed by atoms with Gasteiger partial charge in [0.1, 0.15) is 30.8 Å². The number of likely N-dealkylation sites (N-methyl/N-ethyl adjacent to an activating group) is 1. The first-order chi connectivity index (χ1) is 17.9. The number of nitrogens with one attached hydrogen (secondary N) is 1. The number of nitrogens with zero attached hydrogens (tertiary/aromatic N) is 7. The first kappa shape index (κ1) is 23.8. The molecule has 0 fully saturated rings. The highest BCUT2D eigenvalue weighted by Crippen LogP contribution is 2.35. The molecule has 0 aliphatic heterocycles. The quantitative estimate of drug-likeness (QED) is 0.230. The summed E-state index contributed by atoms with van der Waals surface area (Å²) in [6.45, 7) is 0.863. The summed E-state index contributed by atoms with van der Waals surface area (Å²) in [4.78, 5) is 25.6. The van der Waals surface area contributed by atoms with E-state index in [-0.39, 0.29) is 29.6 Å². The minimum absolute atomic E-state index is 0.0112. The van der Waals surface area contributed by atoms with Crippen LogP contribution in [0.2, 0.25) is 0 Å². The number of anilines is 2. The Balaban J connectivity index is 1.39. The van der Waals surface area contributed by atoms with Gasteiger partial charge in [0, 0.05) is 42.7 Å². The van der Waals surface area contributed by atoms with Gasteiger partial charge in [-0.1, -0.05) is 0 Å². The van der Waals surface area contributed by atoms with E-state index in [1.54, 1.807) is 28.9 Å². The van der Waals surface area contributed by atoms with Crippen molar-refractivity contribution in [2.24, 2.45) is 0 Å². The smallest absolute Gasteiger partial charge is 0.311 e. The van der Waals surface area contributed by atoms with Gasteiger partial charge in [0.2, 0.25) is 0 Å². The fourth-order valence-electron chi connectivity index (χ4n) is 3.55. The summed E-state index contributed by atoms with van der Waals surface area (Å²) in [5, 5.41) is 19.1. The van der Waals surface area contributed by atoms with E-state index in [1.165, 1.54) is 36.9 Å². The summed E-state index contributed by atoms with van der Waals surface area (Å²) in [6, 6.07) is 10.4. The number of fused-ring (bicyclic) bond motifs is 2. The number of hydrogen-bond acceptors (Lipinski definition) is 10. The molecule has 188 valence electrons. The Hall–Kier alpha value is -4.91. The molecule has 3 aromatic heterocycles. The molecule has 5 aromatic rings. The van der Waals surface area contributed by atoms with Crippen molar-refractivity contribution in [2.45, 2.75) is 0 Å². The topological polar surface area (TPSA) is 133 Å². The highest BCUT2D eigenvalue weighted by Gasteiger charge is 2.20. The van der Waals surface area contributed by atoms with Gasteiger partial charge in [-0.05, 0) is 32.3 Å². The predicted molar refractivity (Wildman–Crippen MR) is 133 cm³/mol. The van der Waals surface area contributed by atoms with Crippen molar-refractivity contribution >= 4 is 33.7 Å². The molecule has 0 amide bonds. The van der Waals surface area contributed by atoms with Crippen LogP contribution in [0.4, 0.5) is 21.6 Å². The zero-order valence-corrected chi connectivity index (χ0v) is 19.8. The summed E-state index contributed by atoms with van der Waals surface area (Å²) in [6.07, 6.45) is 4.38. The van der Waals surface area contributed by atoms with Crippen molar-refractivity contribution < 1.29 is 18.8 Å². The van der Waals surface area contributed by atoms with Gasteiger partial charge in [-0.15, -0.1) is 0 Å². The molecule has 0 saturated heterocycles. The molecular formula is C24H21FN8O4. The molecule has 12 nitrogen and oxygen atoms in total. The molecule has 0 aliphatic carbocycles. The van der Waals surface area contributed by atoms with Crippen LogP contribution in [0.3, 0.4) is 0 Å². The monoisotopic (exact) mass is 504 g/mol. The van der Waals surface area contributed by atoms with Crippen molar-refractivity contribution in [3.05, 3.63) is 77.2 Å². The van der Waals surface area contributed by atoms with E-state index in [0.717, 1.165) is 0 Å². The van der Waals surface area contributed by atoms with Crippen molar-refractivity contribution in [1.82, 2.24) is 29.5 Å². The van der Waals surface area contributed by atoms with Crippen LogP contribution < -0.4 is 14.8 Å². The third-order valence-corrected chi connectivity index (χ3v) is 5.38. The number of hydrogen-bond donors (Lipinski definition) is 1. The number of ether oxygens (including phenoxy) is 2. The molecule has 3 heterocycles. The van der Waals surface area contributed by atoms with Crippen LogP contribution in [0.25, 0.3) is 16.6 Å².